The number of rotatable bonds is 12. The van der Waals surface area contributed by atoms with Crippen LogP contribution in [0.25, 0.3) is 0 Å². The molecule has 0 saturated carbocycles. The van der Waals surface area contributed by atoms with Crippen LogP contribution in [0.15, 0.2) is 196 Å². The maximum absolute atomic E-state index is 6.98. The fourth-order valence-electron chi connectivity index (χ4n) is 5.91. The van der Waals surface area contributed by atoms with Crippen LogP contribution in [0, 0.1) is 0 Å². The number of nitrogens with zero attached hydrogens (tertiary/aromatic N) is 3. The van der Waals surface area contributed by atoms with E-state index >= 15 is 0 Å². The van der Waals surface area contributed by atoms with E-state index in [0.717, 1.165) is 0 Å². The van der Waals surface area contributed by atoms with Gasteiger partial charge in [0.25, 0.3) is 0 Å². The van der Waals surface area contributed by atoms with Crippen molar-refractivity contribution in [3.63, 3.8) is 0 Å². The fourth-order valence-corrected chi connectivity index (χ4v) is 15.7. The molecule has 0 bridgehead atoms. The minimum absolute atomic E-state index is 0.273. The Morgan fingerprint density at radius 2 is 0.792 bits per heavy atom. The van der Waals surface area contributed by atoms with E-state index in [0.29, 0.717) is 34.5 Å². The van der Waals surface area contributed by atoms with Crippen LogP contribution < -0.4 is 27.4 Å². The van der Waals surface area contributed by atoms with Crippen LogP contribution in [-0.2, 0) is 0 Å². The molecule has 0 N–H and O–H groups in total. The quantitative estimate of drug-likeness (QED) is 0.115. The van der Waals surface area contributed by atoms with Gasteiger partial charge in [-0.2, -0.15) is 4.74 Å². The van der Waals surface area contributed by atoms with Gasteiger partial charge in [0.15, 0.2) is 11.6 Å². The standard InChI is InChI=1S/C41H38N3O6P3/c1-33-32-51(46-35-22-10-3-11-23-35,47-36-24-12-4-13-25-36)44-53(49-38-28-16-6-17-29-38,50-39-30-18-7-19-31-39)43-40-41(45-34-20-8-2-9-21-34)52(40,42-33)48-37-26-14-5-15-27-37/h2-31,33,40-41H,32H2,1H3. The Hall–Kier alpha value is -5.19. The summed E-state index contributed by atoms with van der Waals surface area (Å²) in [5.41, 5.74) is 0. The second kappa shape index (κ2) is 15.4. The zero-order chi connectivity index (χ0) is 36.0. The van der Waals surface area contributed by atoms with Crippen LogP contribution in [-0.4, -0.2) is 23.8 Å². The van der Waals surface area contributed by atoms with Gasteiger partial charge in [-0.05, 0) is 79.7 Å². The van der Waals surface area contributed by atoms with Crippen molar-refractivity contribution in [3.05, 3.63) is 182 Å². The first-order valence-electron chi connectivity index (χ1n) is 17.3. The van der Waals surface area contributed by atoms with E-state index in [1.165, 1.54) is 0 Å². The number of ether oxygens (including phenoxy) is 1. The van der Waals surface area contributed by atoms with Gasteiger partial charge in [-0.25, -0.2) is 0 Å². The minimum atomic E-state index is -3.80. The van der Waals surface area contributed by atoms with Crippen LogP contribution in [0.3, 0.4) is 0 Å². The Labute approximate surface area is 310 Å². The lowest BCUT2D eigenvalue weighted by atomic mass is 10.3. The van der Waals surface area contributed by atoms with Gasteiger partial charge >= 0.3 is 15.2 Å². The lowest BCUT2D eigenvalue weighted by Gasteiger charge is -2.30. The molecular formula is C41H38N3O6P3. The van der Waals surface area contributed by atoms with Gasteiger partial charge in [-0.15, -0.1) is 4.52 Å². The SMILES string of the molecule is CC1CP(Oc2ccccc2)(Oc2ccccc2)=NP(Oc2ccccc2)(Oc2ccccc2)=NC2C(Oc3ccccc3)P2(Oc2ccccc2)=N1. The lowest BCUT2D eigenvalue weighted by molar-refractivity contribution is 0.311. The van der Waals surface area contributed by atoms with Crippen molar-refractivity contribution in [1.29, 1.82) is 0 Å². The molecule has 0 spiro atoms. The molecule has 6 aromatic rings. The maximum atomic E-state index is 6.98. The van der Waals surface area contributed by atoms with E-state index in [4.69, 9.17) is 41.4 Å². The Morgan fingerprint density at radius 1 is 0.434 bits per heavy atom. The van der Waals surface area contributed by atoms with E-state index in [2.05, 4.69) is 0 Å². The second-order valence-electron chi connectivity index (χ2n) is 12.4. The van der Waals surface area contributed by atoms with Crippen LogP contribution >= 0.6 is 22.4 Å². The average molecular weight is 762 g/mol. The first-order chi connectivity index (χ1) is 26.0. The summed E-state index contributed by atoms with van der Waals surface area (Å²) in [5, 5.41) is 0. The topological polar surface area (TPSA) is 92.5 Å². The van der Waals surface area contributed by atoms with E-state index in [1.54, 1.807) is 0 Å². The van der Waals surface area contributed by atoms with E-state index in [9.17, 15) is 0 Å². The molecule has 2 aliphatic heterocycles. The second-order valence-corrected chi connectivity index (χ2v) is 19.5. The minimum Gasteiger partial charge on any atom is -0.478 e. The number of para-hydroxylation sites is 6. The predicted octanol–water partition coefficient (Wildman–Crippen LogP) is 12.6. The molecular weight excluding hydrogens is 723 g/mol. The van der Waals surface area contributed by atoms with E-state index in [-0.39, 0.29) is 12.2 Å². The van der Waals surface area contributed by atoms with Crippen molar-refractivity contribution in [1.82, 2.24) is 0 Å². The summed E-state index contributed by atoms with van der Waals surface area (Å²) >= 11 is 0. The third-order valence-corrected chi connectivity index (χ3v) is 17.0. The molecule has 8 rings (SSSR count). The molecule has 2 aliphatic rings. The van der Waals surface area contributed by atoms with Crippen molar-refractivity contribution in [2.75, 3.05) is 6.16 Å². The largest absolute Gasteiger partial charge is 0.478 e. The van der Waals surface area contributed by atoms with E-state index in [1.807, 2.05) is 189 Å². The molecule has 12 heteroatoms. The number of fused-ring (bicyclic) bond motifs is 1. The van der Waals surface area contributed by atoms with Gasteiger partial charge in [-0.3, -0.25) is 4.74 Å². The maximum Gasteiger partial charge on any atom is 0.449 e. The normalized spacial score (nSPS) is 22.2. The molecule has 9 nitrogen and oxygen atoms in total. The molecule has 4 unspecified atom stereocenters. The predicted molar refractivity (Wildman–Crippen MR) is 212 cm³/mol. The number of hydrogen-bond acceptors (Lipinski definition) is 9. The zero-order valence-corrected chi connectivity index (χ0v) is 31.6. The summed E-state index contributed by atoms with van der Waals surface area (Å²) in [6.07, 6.45) is 0.273. The summed E-state index contributed by atoms with van der Waals surface area (Å²) < 4.78 is 58.2. The summed E-state index contributed by atoms with van der Waals surface area (Å²) in [6.45, 7) is 2.04. The summed E-state index contributed by atoms with van der Waals surface area (Å²) in [5.74, 6) is 2.47. The summed E-state index contributed by atoms with van der Waals surface area (Å²) in [4.78, 5) is 0. The monoisotopic (exact) mass is 761 g/mol. The number of benzene rings is 6. The fraction of sp³-hybridized carbons (Fsp3) is 0.122. The van der Waals surface area contributed by atoms with Gasteiger partial charge < -0.3 is 27.4 Å². The van der Waals surface area contributed by atoms with Crippen molar-refractivity contribution >= 4 is 22.4 Å². The highest BCUT2D eigenvalue weighted by molar-refractivity contribution is 7.73. The van der Waals surface area contributed by atoms with Gasteiger partial charge in [0, 0.05) is 0 Å². The zero-order valence-electron chi connectivity index (χ0n) is 28.9. The first-order valence-corrected chi connectivity index (χ1v) is 22.4. The molecule has 6 aromatic carbocycles. The molecule has 0 aromatic heterocycles. The molecule has 0 aliphatic carbocycles. The highest BCUT2D eigenvalue weighted by Crippen LogP contribution is 2.81. The highest BCUT2D eigenvalue weighted by atomic mass is 31.2. The molecule has 53 heavy (non-hydrogen) atoms. The van der Waals surface area contributed by atoms with Gasteiger partial charge in [0.05, 0.1) is 12.2 Å². The van der Waals surface area contributed by atoms with Gasteiger partial charge in [0.1, 0.15) is 34.5 Å². The lowest BCUT2D eigenvalue weighted by Crippen LogP contribution is -2.15. The molecule has 0 radical (unpaired) electrons. The van der Waals surface area contributed by atoms with Crippen molar-refractivity contribution in [2.24, 2.45) is 14.0 Å². The molecule has 4 atom stereocenters. The van der Waals surface area contributed by atoms with Crippen LogP contribution in [0.1, 0.15) is 6.92 Å². The Bertz CT molecular complexity index is 2190. The third kappa shape index (κ3) is 8.24. The van der Waals surface area contributed by atoms with Crippen LogP contribution in [0.2, 0.25) is 0 Å². The van der Waals surface area contributed by atoms with Gasteiger partial charge in [-0.1, -0.05) is 109 Å². The summed E-state index contributed by atoms with van der Waals surface area (Å²) in [7, 11) is -10.1. The van der Waals surface area contributed by atoms with Crippen molar-refractivity contribution in [3.8, 4) is 34.5 Å². The molecule has 268 valence electrons. The Kier molecular flexibility index (Phi) is 10.1. The molecule has 0 amide bonds. The van der Waals surface area contributed by atoms with Crippen molar-refractivity contribution < 1.29 is 27.4 Å². The molecule has 1 fully saturated rings. The van der Waals surface area contributed by atoms with Gasteiger partial charge in [0.2, 0.25) is 7.28 Å². The molecule has 2 heterocycles. The van der Waals surface area contributed by atoms with Crippen molar-refractivity contribution in [2.45, 2.75) is 24.6 Å². The van der Waals surface area contributed by atoms with Crippen LogP contribution in [0.4, 0.5) is 0 Å². The number of hydrogen-bond donors (Lipinski definition) is 0. The van der Waals surface area contributed by atoms with Crippen LogP contribution in [0.5, 0.6) is 34.5 Å². The van der Waals surface area contributed by atoms with E-state index < -0.39 is 34.1 Å². The first kappa shape index (κ1) is 34.9. The third-order valence-electron chi connectivity index (χ3n) is 8.21. The molecule has 1 saturated heterocycles. The summed E-state index contributed by atoms with van der Waals surface area (Å²) in [6, 6.07) is 57.0. The Morgan fingerprint density at radius 3 is 1.21 bits per heavy atom. The Balaban J connectivity index is 1.40. The highest BCUT2D eigenvalue weighted by Gasteiger charge is 2.68. The smallest absolute Gasteiger partial charge is 0.449 e. The average Bonchev–Trinajstić information content (AvgIpc) is 3.72.